The van der Waals surface area contributed by atoms with E-state index in [-0.39, 0.29) is 6.61 Å². The molecule has 0 radical (unpaired) electrons. The van der Waals surface area contributed by atoms with Gasteiger partial charge in [-0.15, -0.1) is 0 Å². The van der Waals surface area contributed by atoms with E-state index in [1.807, 2.05) is 19.1 Å². The smallest absolute Gasteiger partial charge is 0.332 e. The largest absolute Gasteiger partial charge is 0.464 e. The number of rotatable bonds is 4. The summed E-state index contributed by atoms with van der Waals surface area (Å²) in [5, 5.41) is 2.60. The molecule has 0 aliphatic heterocycles. The van der Waals surface area contributed by atoms with Crippen molar-refractivity contribution in [3.05, 3.63) is 28.2 Å². The topological polar surface area (TPSA) is 81.4 Å². The van der Waals surface area contributed by atoms with Crippen LogP contribution in [0.25, 0.3) is 0 Å². The Morgan fingerprint density at radius 3 is 2.78 bits per heavy atom. The molecule has 0 aromatic heterocycles. The van der Waals surface area contributed by atoms with Gasteiger partial charge in [-0.2, -0.15) is 0 Å². The number of amides is 1. The van der Waals surface area contributed by atoms with Crippen molar-refractivity contribution in [2.45, 2.75) is 19.9 Å². The lowest BCUT2D eigenvalue weighted by atomic mass is 10.2. The summed E-state index contributed by atoms with van der Waals surface area (Å²) in [4.78, 5) is 23.0. The monoisotopic (exact) mass is 314 g/mol. The van der Waals surface area contributed by atoms with Gasteiger partial charge in [0, 0.05) is 10.2 Å². The minimum Gasteiger partial charge on any atom is -0.464 e. The zero-order valence-electron chi connectivity index (χ0n) is 10.2. The lowest BCUT2D eigenvalue weighted by Gasteiger charge is -2.13. The van der Waals surface area contributed by atoms with Gasteiger partial charge in [-0.05, 0) is 31.5 Å². The standard InChI is InChI=1S/C12H15BrN2O3/c1-3-18-12(17)10(14)11(16)15-9-6-8(13)5-4-7(9)2/h4-6,10H,3,14H2,1-2H3,(H,15,16). The van der Waals surface area contributed by atoms with E-state index in [0.717, 1.165) is 10.0 Å². The molecule has 1 aromatic rings. The fraction of sp³-hybridized carbons (Fsp3) is 0.333. The summed E-state index contributed by atoms with van der Waals surface area (Å²) in [7, 11) is 0. The van der Waals surface area contributed by atoms with Crippen molar-refractivity contribution in [3.63, 3.8) is 0 Å². The van der Waals surface area contributed by atoms with Crippen LogP contribution in [0.5, 0.6) is 0 Å². The molecule has 0 saturated carbocycles. The lowest BCUT2D eigenvalue weighted by molar-refractivity contribution is -0.146. The van der Waals surface area contributed by atoms with Crippen molar-refractivity contribution in [3.8, 4) is 0 Å². The highest BCUT2D eigenvalue weighted by atomic mass is 79.9. The van der Waals surface area contributed by atoms with Crippen LogP contribution in [0.3, 0.4) is 0 Å². The lowest BCUT2D eigenvalue weighted by Crippen LogP contribution is -2.43. The third-order valence-corrected chi connectivity index (χ3v) is 2.77. The molecule has 0 aliphatic carbocycles. The molecule has 0 heterocycles. The summed E-state index contributed by atoms with van der Waals surface area (Å²) in [6.45, 7) is 3.69. The number of nitrogens with two attached hydrogens (primary N) is 1. The van der Waals surface area contributed by atoms with Crippen LogP contribution >= 0.6 is 15.9 Å². The third kappa shape index (κ3) is 3.82. The molecule has 0 saturated heterocycles. The van der Waals surface area contributed by atoms with E-state index in [1.165, 1.54) is 0 Å². The average Bonchev–Trinajstić information content (AvgIpc) is 2.33. The molecule has 1 amide bonds. The summed E-state index contributed by atoms with van der Waals surface area (Å²) in [6.07, 6.45) is 0. The molecule has 0 spiro atoms. The van der Waals surface area contributed by atoms with E-state index >= 15 is 0 Å². The molecule has 1 rings (SSSR count). The highest BCUT2D eigenvalue weighted by molar-refractivity contribution is 9.10. The second kappa shape index (κ2) is 6.51. The zero-order valence-corrected chi connectivity index (χ0v) is 11.8. The van der Waals surface area contributed by atoms with Gasteiger partial charge in [0.05, 0.1) is 6.61 Å². The molecule has 1 aromatic carbocycles. The number of hydrogen-bond donors (Lipinski definition) is 2. The van der Waals surface area contributed by atoms with Crippen molar-refractivity contribution in [1.29, 1.82) is 0 Å². The van der Waals surface area contributed by atoms with Gasteiger partial charge in [0.25, 0.3) is 5.91 Å². The Morgan fingerprint density at radius 1 is 1.50 bits per heavy atom. The maximum absolute atomic E-state index is 11.7. The number of benzene rings is 1. The van der Waals surface area contributed by atoms with Crippen molar-refractivity contribution in [2.75, 3.05) is 11.9 Å². The molecule has 98 valence electrons. The van der Waals surface area contributed by atoms with E-state index in [0.29, 0.717) is 5.69 Å². The first kappa shape index (κ1) is 14.7. The number of ether oxygens (including phenoxy) is 1. The van der Waals surface area contributed by atoms with Crippen LogP contribution in [-0.2, 0) is 14.3 Å². The van der Waals surface area contributed by atoms with Crippen LogP contribution in [0.4, 0.5) is 5.69 Å². The zero-order chi connectivity index (χ0) is 13.7. The Hall–Kier alpha value is -1.40. The maximum atomic E-state index is 11.7. The molecule has 18 heavy (non-hydrogen) atoms. The Balaban J connectivity index is 2.75. The Labute approximate surface area is 114 Å². The Morgan fingerprint density at radius 2 is 2.17 bits per heavy atom. The second-order valence-electron chi connectivity index (χ2n) is 3.68. The van der Waals surface area contributed by atoms with Crippen molar-refractivity contribution >= 4 is 33.5 Å². The summed E-state index contributed by atoms with van der Waals surface area (Å²) in [5.74, 6) is -1.32. The third-order valence-electron chi connectivity index (χ3n) is 2.28. The second-order valence-corrected chi connectivity index (χ2v) is 4.59. The summed E-state index contributed by atoms with van der Waals surface area (Å²) in [5.41, 5.74) is 6.97. The van der Waals surface area contributed by atoms with Gasteiger partial charge < -0.3 is 15.8 Å². The molecule has 1 unspecified atom stereocenters. The maximum Gasteiger partial charge on any atom is 0.332 e. The van der Waals surface area contributed by atoms with Crippen LogP contribution in [-0.4, -0.2) is 24.5 Å². The summed E-state index contributed by atoms with van der Waals surface area (Å²) in [6, 6.07) is 4.13. The number of carbonyl (C=O) groups is 2. The Kier molecular flexibility index (Phi) is 5.30. The van der Waals surface area contributed by atoms with Gasteiger partial charge >= 0.3 is 5.97 Å². The van der Waals surface area contributed by atoms with E-state index < -0.39 is 17.9 Å². The molecular weight excluding hydrogens is 300 g/mol. The van der Waals surface area contributed by atoms with Crippen LogP contribution in [0.15, 0.2) is 22.7 Å². The summed E-state index contributed by atoms with van der Waals surface area (Å²) >= 11 is 3.30. The Bertz CT molecular complexity index is 463. The number of nitrogens with one attached hydrogen (secondary N) is 1. The van der Waals surface area contributed by atoms with E-state index in [2.05, 4.69) is 26.0 Å². The van der Waals surface area contributed by atoms with E-state index in [4.69, 9.17) is 5.73 Å². The number of hydrogen-bond acceptors (Lipinski definition) is 4. The molecule has 0 aliphatic rings. The SMILES string of the molecule is CCOC(=O)C(N)C(=O)Nc1cc(Br)ccc1C. The number of esters is 1. The van der Waals surface area contributed by atoms with Crippen LogP contribution in [0.2, 0.25) is 0 Å². The number of halogens is 1. The minimum absolute atomic E-state index is 0.190. The highest BCUT2D eigenvalue weighted by Crippen LogP contribution is 2.20. The predicted molar refractivity (Wildman–Crippen MR) is 72.1 cm³/mol. The molecular formula is C12H15BrN2O3. The highest BCUT2D eigenvalue weighted by Gasteiger charge is 2.23. The quantitative estimate of drug-likeness (QED) is 0.653. The van der Waals surface area contributed by atoms with Crippen LogP contribution in [0.1, 0.15) is 12.5 Å². The molecule has 0 fully saturated rings. The molecule has 5 nitrogen and oxygen atoms in total. The molecule has 1 atom stereocenters. The number of aryl methyl sites for hydroxylation is 1. The van der Waals surface area contributed by atoms with Gasteiger partial charge in [0.15, 0.2) is 6.04 Å². The van der Waals surface area contributed by atoms with Crippen molar-refractivity contribution < 1.29 is 14.3 Å². The van der Waals surface area contributed by atoms with E-state index in [1.54, 1.807) is 13.0 Å². The first-order valence-corrected chi connectivity index (χ1v) is 6.24. The first-order chi connectivity index (χ1) is 8.45. The normalized spacial score (nSPS) is 11.8. The van der Waals surface area contributed by atoms with Gasteiger partial charge in [-0.1, -0.05) is 22.0 Å². The number of anilines is 1. The van der Waals surface area contributed by atoms with Crippen molar-refractivity contribution in [1.82, 2.24) is 0 Å². The van der Waals surface area contributed by atoms with Crippen molar-refractivity contribution in [2.24, 2.45) is 5.73 Å². The van der Waals surface area contributed by atoms with Gasteiger partial charge in [0.2, 0.25) is 0 Å². The molecule has 0 bridgehead atoms. The predicted octanol–water partition coefficient (Wildman–Crippen LogP) is 1.59. The van der Waals surface area contributed by atoms with Gasteiger partial charge in [-0.25, -0.2) is 4.79 Å². The van der Waals surface area contributed by atoms with Crippen LogP contribution < -0.4 is 11.1 Å². The number of carbonyl (C=O) groups excluding carboxylic acids is 2. The van der Waals surface area contributed by atoms with E-state index in [9.17, 15) is 9.59 Å². The minimum atomic E-state index is -1.32. The molecule has 6 heteroatoms. The first-order valence-electron chi connectivity index (χ1n) is 5.45. The van der Waals surface area contributed by atoms with Crippen LogP contribution in [0, 0.1) is 6.92 Å². The molecule has 3 N–H and O–H groups in total. The fourth-order valence-electron chi connectivity index (χ4n) is 1.28. The average molecular weight is 315 g/mol. The van der Waals surface area contributed by atoms with Gasteiger partial charge in [-0.3, -0.25) is 4.79 Å². The van der Waals surface area contributed by atoms with Gasteiger partial charge in [0.1, 0.15) is 0 Å². The summed E-state index contributed by atoms with van der Waals surface area (Å²) < 4.78 is 5.51. The fourth-order valence-corrected chi connectivity index (χ4v) is 1.64.